The third-order valence-corrected chi connectivity index (χ3v) is 7.82. The van der Waals surface area contributed by atoms with Crippen LogP contribution in [0.2, 0.25) is 0 Å². The smallest absolute Gasteiger partial charge is 0.147 e. The fraction of sp³-hybridized carbons (Fsp3) is 0.692. The highest BCUT2D eigenvalue weighted by atomic mass is 16.5. The molecule has 270 valence electrons. The molecule has 47 heavy (non-hydrogen) atoms. The van der Waals surface area contributed by atoms with Gasteiger partial charge in [-0.25, -0.2) is 0 Å². The number of hydrogen-bond donors (Lipinski definition) is 5. The van der Waals surface area contributed by atoms with Gasteiger partial charge in [0.05, 0.1) is 18.0 Å². The van der Waals surface area contributed by atoms with Gasteiger partial charge in [0.25, 0.3) is 0 Å². The lowest BCUT2D eigenvalue weighted by molar-refractivity contribution is 0.313. The number of aromatic hydroxyl groups is 1. The van der Waals surface area contributed by atoms with Crippen LogP contribution >= 0.6 is 0 Å². The molecular weight excluding hydrogens is 584 g/mol. The summed E-state index contributed by atoms with van der Waals surface area (Å²) in [6.45, 7) is 25.4. The average molecular weight is 657 g/mol. The predicted molar refractivity (Wildman–Crippen MR) is 205 cm³/mol. The predicted octanol–water partition coefficient (Wildman–Crippen LogP) is 7.56. The summed E-state index contributed by atoms with van der Waals surface area (Å²) in [7, 11) is 4.22. The molecule has 0 amide bonds. The van der Waals surface area contributed by atoms with Crippen molar-refractivity contribution >= 4 is 11.4 Å². The fourth-order valence-electron chi connectivity index (χ4n) is 5.42. The van der Waals surface area contributed by atoms with Gasteiger partial charge in [-0.05, 0) is 107 Å². The van der Waals surface area contributed by atoms with Gasteiger partial charge in [0.15, 0.2) is 0 Å². The molecule has 0 spiro atoms. The number of rotatable bonds is 25. The summed E-state index contributed by atoms with van der Waals surface area (Å²) in [4.78, 5) is 4.47. The number of benzene rings is 2. The molecule has 0 fully saturated rings. The van der Waals surface area contributed by atoms with Gasteiger partial charge in [-0.1, -0.05) is 48.5 Å². The summed E-state index contributed by atoms with van der Waals surface area (Å²) in [5.41, 5.74) is 6.99. The van der Waals surface area contributed by atoms with Crippen molar-refractivity contribution in [3.63, 3.8) is 0 Å². The fourth-order valence-corrected chi connectivity index (χ4v) is 5.42. The van der Waals surface area contributed by atoms with Crippen LogP contribution in [0.15, 0.2) is 24.3 Å². The molecule has 8 nitrogen and oxygen atoms in total. The third kappa shape index (κ3) is 16.4. The molecule has 2 rings (SSSR count). The number of ether oxygens (including phenoxy) is 1. The van der Waals surface area contributed by atoms with Gasteiger partial charge in [-0.3, -0.25) is 0 Å². The molecule has 0 aliphatic rings. The zero-order chi connectivity index (χ0) is 34.9. The Hall–Kier alpha value is -2.52. The van der Waals surface area contributed by atoms with Gasteiger partial charge >= 0.3 is 0 Å². The highest BCUT2D eigenvalue weighted by molar-refractivity contribution is 5.64. The first-order valence-electron chi connectivity index (χ1n) is 18.7. The van der Waals surface area contributed by atoms with E-state index < -0.39 is 0 Å². The quantitative estimate of drug-likeness (QED) is 0.0701. The summed E-state index contributed by atoms with van der Waals surface area (Å²) >= 11 is 0. The van der Waals surface area contributed by atoms with Gasteiger partial charge in [-0.15, -0.1) is 0 Å². The van der Waals surface area contributed by atoms with Gasteiger partial charge in [0.2, 0.25) is 0 Å². The lowest BCUT2D eigenvalue weighted by Crippen LogP contribution is -2.22. The molecule has 2 aromatic carbocycles. The molecule has 8 heteroatoms. The largest absolute Gasteiger partial charge is 0.505 e. The van der Waals surface area contributed by atoms with E-state index in [2.05, 4.69) is 111 Å². The Labute approximate surface area is 289 Å². The van der Waals surface area contributed by atoms with E-state index >= 15 is 0 Å². The lowest BCUT2D eigenvalue weighted by Gasteiger charge is -2.25. The highest BCUT2D eigenvalue weighted by Crippen LogP contribution is 2.34. The van der Waals surface area contributed by atoms with Crippen molar-refractivity contribution in [2.75, 3.05) is 69.8 Å². The second-order valence-corrected chi connectivity index (χ2v) is 12.6. The molecular formula is C39H72N6O2. The van der Waals surface area contributed by atoms with E-state index in [1.54, 1.807) is 0 Å². The summed E-state index contributed by atoms with van der Waals surface area (Å²) in [5, 5.41) is 24.5. The molecule has 0 heterocycles. The van der Waals surface area contributed by atoms with Crippen LogP contribution < -0.4 is 35.8 Å². The Morgan fingerprint density at radius 1 is 0.532 bits per heavy atom. The van der Waals surface area contributed by atoms with E-state index in [1.807, 2.05) is 7.05 Å². The van der Waals surface area contributed by atoms with Crippen LogP contribution in [0, 0.1) is 0 Å². The van der Waals surface area contributed by atoms with E-state index in [4.69, 9.17) is 4.74 Å². The monoisotopic (exact) mass is 657 g/mol. The van der Waals surface area contributed by atoms with Gasteiger partial charge < -0.3 is 40.9 Å². The van der Waals surface area contributed by atoms with Crippen molar-refractivity contribution in [3.05, 3.63) is 46.5 Å². The number of anilines is 2. The number of nitrogens with one attached hydrogen (secondary N) is 4. The van der Waals surface area contributed by atoms with Crippen LogP contribution in [0.4, 0.5) is 11.4 Å². The number of phenols is 1. The molecule has 5 N–H and O–H groups in total. The van der Waals surface area contributed by atoms with Crippen molar-refractivity contribution in [2.24, 2.45) is 0 Å². The molecule has 0 radical (unpaired) electrons. The molecule has 0 saturated carbocycles. The zero-order valence-electron chi connectivity index (χ0n) is 31.8. The Balaban J connectivity index is 0.000000474. The maximum atomic E-state index is 10.6. The second kappa shape index (κ2) is 26.4. The Bertz CT molecular complexity index is 1080. The summed E-state index contributed by atoms with van der Waals surface area (Å²) in [6.07, 6.45) is 7.76. The van der Waals surface area contributed by atoms with Crippen molar-refractivity contribution in [1.29, 1.82) is 0 Å². The van der Waals surface area contributed by atoms with E-state index in [0.29, 0.717) is 12.3 Å². The van der Waals surface area contributed by atoms with Gasteiger partial charge in [0.1, 0.15) is 11.5 Å². The van der Waals surface area contributed by atoms with Crippen molar-refractivity contribution < 1.29 is 9.84 Å². The van der Waals surface area contributed by atoms with Gasteiger partial charge in [-0.2, -0.15) is 0 Å². The molecule has 0 atom stereocenters. The highest BCUT2D eigenvalue weighted by Gasteiger charge is 2.16. The summed E-state index contributed by atoms with van der Waals surface area (Å²) < 4.78 is 6.19. The first kappa shape index (κ1) is 42.5. The average Bonchev–Trinajstić information content (AvgIpc) is 3.06. The molecule has 0 aromatic heterocycles. The van der Waals surface area contributed by atoms with E-state index in [0.717, 1.165) is 127 Å². The molecule has 2 aromatic rings. The minimum absolute atomic E-state index is 0.416. The Morgan fingerprint density at radius 2 is 0.957 bits per heavy atom. The number of nitrogens with zero attached hydrogens (tertiary/aromatic N) is 2. The van der Waals surface area contributed by atoms with Crippen LogP contribution in [0.3, 0.4) is 0 Å². The van der Waals surface area contributed by atoms with Crippen LogP contribution in [-0.2, 0) is 26.2 Å². The maximum Gasteiger partial charge on any atom is 0.147 e. The van der Waals surface area contributed by atoms with E-state index in [-0.39, 0.29) is 0 Å². The van der Waals surface area contributed by atoms with Crippen molar-refractivity contribution in [3.8, 4) is 11.5 Å². The van der Waals surface area contributed by atoms with Gasteiger partial charge in [0, 0.05) is 64.5 Å². The third-order valence-electron chi connectivity index (χ3n) is 7.82. The van der Waals surface area contributed by atoms with Crippen LogP contribution in [0.1, 0.15) is 116 Å². The Morgan fingerprint density at radius 3 is 1.43 bits per heavy atom. The minimum atomic E-state index is 0.416. The lowest BCUT2D eigenvalue weighted by atomic mass is 10.1. The Kier molecular flexibility index (Phi) is 23.9. The SMILES string of the molecule is CCCNCc1cc(CNCCC)c(O)c(N(C)CCC)c1.CCCNCc1cc(CNCCC)c(OCCC)c(N(C)CCC)c1. The maximum absolute atomic E-state index is 10.6. The zero-order valence-corrected chi connectivity index (χ0v) is 31.8. The van der Waals surface area contributed by atoms with Crippen molar-refractivity contribution in [1.82, 2.24) is 21.3 Å². The minimum Gasteiger partial charge on any atom is -0.505 e. The molecule has 0 saturated heterocycles. The second-order valence-electron chi connectivity index (χ2n) is 12.6. The number of phenolic OH excluding ortho intramolecular Hbond substituents is 1. The van der Waals surface area contributed by atoms with Crippen LogP contribution in [0.25, 0.3) is 0 Å². The topological polar surface area (TPSA) is 84.1 Å². The van der Waals surface area contributed by atoms with Crippen LogP contribution in [-0.4, -0.2) is 65.1 Å². The van der Waals surface area contributed by atoms with E-state index in [9.17, 15) is 5.11 Å². The first-order valence-corrected chi connectivity index (χ1v) is 18.7. The molecule has 0 aliphatic heterocycles. The standard InChI is InChI=1S/C21H39N3O.C18H33N3O/c1-6-10-22-16-18-14-19(17-23-11-7-2)21(25-13-9-4)20(15-18)24(5)12-8-3;1-5-8-19-13-15-11-16(14-20-9-6-2)18(22)17(12-15)21(4)10-7-3/h14-15,22-23H,6-13,16-17H2,1-5H3;11-12,19-20,22H,5-10,13-14H2,1-4H3. The number of hydrogen-bond acceptors (Lipinski definition) is 8. The van der Waals surface area contributed by atoms with Crippen LogP contribution in [0.5, 0.6) is 11.5 Å². The normalized spacial score (nSPS) is 10.9. The summed E-state index contributed by atoms with van der Waals surface area (Å²) in [6, 6.07) is 8.83. The van der Waals surface area contributed by atoms with E-state index in [1.165, 1.54) is 22.4 Å². The van der Waals surface area contributed by atoms with Crippen molar-refractivity contribution in [2.45, 2.75) is 120 Å². The first-order chi connectivity index (χ1) is 22.8. The molecule has 0 aliphatic carbocycles. The molecule has 0 unspecified atom stereocenters. The summed E-state index contributed by atoms with van der Waals surface area (Å²) in [5.74, 6) is 1.47. The molecule has 0 bridgehead atoms.